The van der Waals surface area contributed by atoms with Crippen LogP contribution in [-0.2, 0) is 0 Å². The molecule has 0 aliphatic carbocycles. The molecule has 124 heavy (non-hydrogen) atoms. The molecule has 22 aromatic carbocycles. The second kappa shape index (κ2) is 27.4. The summed E-state index contributed by atoms with van der Waals surface area (Å²) in [7, 11) is 0. The van der Waals surface area contributed by atoms with Gasteiger partial charge < -0.3 is 37.3 Å². The monoisotopic (exact) mass is 1580 g/mol. The van der Waals surface area contributed by atoms with Gasteiger partial charge in [-0.3, -0.25) is 0 Å². The van der Waals surface area contributed by atoms with Crippen LogP contribution in [0.15, 0.2) is 442 Å². The molecular weight excluding hydrogens is 1510 g/mol. The van der Waals surface area contributed by atoms with Crippen LogP contribution in [0, 0.1) is 0 Å². The fraction of sp³-hybridized carbons (Fsp3) is 0. The molecule has 0 unspecified atom stereocenters. The molecule has 0 atom stereocenters. The van der Waals surface area contributed by atoms with Crippen LogP contribution < -0.4 is 19.6 Å². The Morgan fingerprint density at radius 2 is 0.444 bits per heavy atom. The molecule has 0 N–H and O–H groups in total. The fourth-order valence-electron chi connectivity index (χ4n) is 20.2. The minimum absolute atomic E-state index is 0.782. The molecule has 4 aromatic heterocycles. The maximum atomic E-state index is 7.52. The molecular formula is C116H70N4O4. The summed E-state index contributed by atoms with van der Waals surface area (Å²) in [6.45, 7) is 0. The van der Waals surface area contributed by atoms with E-state index in [1.54, 1.807) is 0 Å². The standard InChI is InChI=1S/C116H70N4O4/c1-4-30-75(31-5-1)117(79-57-60-109-97(65-79)90-44-24-26-50-107(90)121-109)105-69-111-113(92-46-20-16-40-86(92)105)99-67-103(88-42-18-22-48-94(88)115(99)123-111)118(80-58-61-110-98(66-80)91-45-25-27-51-108(91)122-110)78-55-52-71(53-56-78)72-54-59-84-82-37-13-11-29-74(82)64-102(96(84)62-72)120(77-34-8-3-9-35-77)106-70-112-114(93-47-21-17-41-87(93)106)100-68-104(89-43-19-23-49-95(89)116(100)124-112)119(76-32-6-2-7-33-76)101-63-73-28-10-12-36-81(73)83-38-14-15-39-85(83)101/h1-70H. The molecule has 0 aliphatic heterocycles. The van der Waals surface area contributed by atoms with Crippen LogP contribution in [0.5, 0.6) is 0 Å². The SMILES string of the molecule is c1ccc(N(c2cc3ccccc3c3ccccc23)c2cc3c(oc4cc(N(c5ccccc5)c5cc6ccccc6c6ccc(-c7ccc(N(c8ccc9oc%10ccccc%10c9c8)c8cc9c(oc%10cc(N(c%11ccccc%11)c%11ccc%12oc%13ccccc%13c%12c%11)c%11ccccc%11c%109)c9ccccc89)cc7)cc56)c5ccccc5c43)c3ccccc23)cc1. The van der Waals surface area contributed by atoms with Crippen LogP contribution in [0.25, 0.3) is 185 Å². The highest BCUT2D eigenvalue weighted by atomic mass is 16.3. The summed E-state index contributed by atoms with van der Waals surface area (Å²) in [5.74, 6) is 0. The minimum atomic E-state index is 0.782. The number of rotatable bonds is 13. The van der Waals surface area contributed by atoms with Crippen molar-refractivity contribution in [3.63, 3.8) is 0 Å². The van der Waals surface area contributed by atoms with Gasteiger partial charge in [-0.25, -0.2) is 0 Å². The molecule has 26 rings (SSSR count). The predicted molar refractivity (Wildman–Crippen MR) is 520 cm³/mol. The molecule has 578 valence electrons. The second-order valence-electron chi connectivity index (χ2n) is 32.5. The molecule has 0 saturated carbocycles. The van der Waals surface area contributed by atoms with Gasteiger partial charge in [0.15, 0.2) is 0 Å². The fourth-order valence-corrected chi connectivity index (χ4v) is 20.2. The highest BCUT2D eigenvalue weighted by molar-refractivity contribution is 6.31. The van der Waals surface area contributed by atoms with Crippen molar-refractivity contribution in [3.05, 3.63) is 425 Å². The summed E-state index contributed by atoms with van der Waals surface area (Å²) in [5, 5.41) is 26.2. The first-order valence-corrected chi connectivity index (χ1v) is 42.2. The Morgan fingerprint density at radius 1 is 0.137 bits per heavy atom. The van der Waals surface area contributed by atoms with Gasteiger partial charge in [0.25, 0.3) is 0 Å². The summed E-state index contributed by atoms with van der Waals surface area (Å²) >= 11 is 0. The zero-order chi connectivity index (χ0) is 81.2. The van der Waals surface area contributed by atoms with Gasteiger partial charge in [0.05, 0.1) is 34.1 Å². The van der Waals surface area contributed by atoms with Crippen LogP contribution in [0.4, 0.5) is 68.2 Å². The van der Waals surface area contributed by atoms with Crippen molar-refractivity contribution < 1.29 is 17.7 Å². The van der Waals surface area contributed by atoms with E-state index in [0.29, 0.717) is 0 Å². The van der Waals surface area contributed by atoms with Crippen LogP contribution in [-0.4, -0.2) is 0 Å². The van der Waals surface area contributed by atoms with E-state index >= 15 is 0 Å². The molecule has 8 heteroatoms. The maximum absolute atomic E-state index is 7.52. The Labute approximate surface area is 710 Å². The minimum Gasteiger partial charge on any atom is -0.456 e. The van der Waals surface area contributed by atoms with Crippen molar-refractivity contribution in [3.8, 4) is 11.1 Å². The lowest BCUT2D eigenvalue weighted by Crippen LogP contribution is -2.11. The van der Waals surface area contributed by atoms with E-state index in [9.17, 15) is 0 Å². The maximum Gasteiger partial charge on any atom is 0.143 e. The molecule has 4 heterocycles. The van der Waals surface area contributed by atoms with Gasteiger partial charge in [-0.1, -0.05) is 285 Å². The number of furan rings is 4. The predicted octanol–water partition coefficient (Wildman–Crippen LogP) is 34.1. The highest BCUT2D eigenvalue weighted by Gasteiger charge is 2.30. The number of anilines is 12. The number of hydrogen-bond donors (Lipinski definition) is 0. The average molecular weight is 1580 g/mol. The lowest BCUT2D eigenvalue weighted by Gasteiger charge is -2.29. The summed E-state index contributed by atoms with van der Waals surface area (Å²) in [5.41, 5.74) is 21.0. The molecule has 26 aromatic rings. The third-order valence-corrected chi connectivity index (χ3v) is 25.7. The van der Waals surface area contributed by atoms with Gasteiger partial charge in [0.2, 0.25) is 0 Å². The van der Waals surface area contributed by atoms with Crippen LogP contribution in [0.3, 0.4) is 0 Å². The molecule has 0 bridgehead atoms. The van der Waals surface area contributed by atoms with Crippen molar-refractivity contribution in [1.29, 1.82) is 0 Å². The highest BCUT2D eigenvalue weighted by Crippen LogP contribution is 2.55. The summed E-state index contributed by atoms with van der Waals surface area (Å²) in [6.07, 6.45) is 0. The Morgan fingerprint density at radius 3 is 0.919 bits per heavy atom. The number of hydrogen-bond acceptors (Lipinski definition) is 8. The Hall–Kier alpha value is -16.7. The van der Waals surface area contributed by atoms with Gasteiger partial charge in [0.1, 0.15) is 44.7 Å². The van der Waals surface area contributed by atoms with E-state index in [-0.39, 0.29) is 0 Å². The van der Waals surface area contributed by atoms with E-state index in [0.717, 1.165) is 226 Å². The molecule has 0 spiro atoms. The first-order chi connectivity index (χ1) is 61.5. The number of benzene rings is 22. The van der Waals surface area contributed by atoms with Gasteiger partial charge >= 0.3 is 0 Å². The van der Waals surface area contributed by atoms with Crippen LogP contribution >= 0.6 is 0 Å². The lowest BCUT2D eigenvalue weighted by molar-refractivity contribution is 0.668. The van der Waals surface area contributed by atoms with Gasteiger partial charge in [-0.2, -0.15) is 0 Å². The third-order valence-electron chi connectivity index (χ3n) is 25.7. The van der Waals surface area contributed by atoms with Gasteiger partial charge in [0, 0.05) is 132 Å². The smallest absolute Gasteiger partial charge is 0.143 e. The Balaban J connectivity index is 0.644. The van der Waals surface area contributed by atoms with Crippen molar-refractivity contribution in [2.24, 2.45) is 0 Å². The number of fused-ring (bicyclic) bond motifs is 26. The van der Waals surface area contributed by atoms with E-state index in [4.69, 9.17) is 17.7 Å². The van der Waals surface area contributed by atoms with Crippen molar-refractivity contribution in [1.82, 2.24) is 0 Å². The van der Waals surface area contributed by atoms with Crippen LogP contribution in [0.1, 0.15) is 0 Å². The molecule has 0 fully saturated rings. The summed E-state index contributed by atoms with van der Waals surface area (Å²) in [4.78, 5) is 9.71. The molecule has 0 radical (unpaired) electrons. The topological polar surface area (TPSA) is 65.5 Å². The van der Waals surface area contributed by atoms with Gasteiger partial charge in [-0.05, 0) is 182 Å². The van der Waals surface area contributed by atoms with Gasteiger partial charge in [-0.15, -0.1) is 0 Å². The molecule has 0 amide bonds. The van der Waals surface area contributed by atoms with E-state index in [2.05, 4.69) is 426 Å². The summed E-state index contributed by atoms with van der Waals surface area (Å²) < 4.78 is 27.9. The van der Waals surface area contributed by atoms with Crippen molar-refractivity contribution in [2.75, 3.05) is 19.6 Å². The summed E-state index contributed by atoms with van der Waals surface area (Å²) in [6, 6.07) is 154. The quantitative estimate of drug-likeness (QED) is 0.106. The first kappa shape index (κ1) is 69.3. The van der Waals surface area contributed by atoms with E-state index in [1.165, 1.54) is 26.9 Å². The zero-order valence-corrected chi connectivity index (χ0v) is 66.8. The number of para-hydroxylation sites is 5. The Bertz CT molecular complexity index is 8920. The average Bonchev–Trinajstić information content (AvgIpc) is 1.51. The Kier molecular flexibility index (Phi) is 15.3. The molecule has 0 saturated heterocycles. The molecule has 0 aliphatic rings. The van der Waals surface area contributed by atoms with E-state index < -0.39 is 0 Å². The number of nitrogens with zero attached hydrogens (tertiary/aromatic N) is 4. The lowest BCUT2D eigenvalue weighted by atomic mass is 9.94. The first-order valence-electron chi connectivity index (χ1n) is 42.2. The molecule has 8 nitrogen and oxygen atoms in total. The third kappa shape index (κ3) is 10.7. The van der Waals surface area contributed by atoms with Crippen molar-refractivity contribution >= 4 is 242 Å². The normalized spacial score (nSPS) is 12.0. The second-order valence-corrected chi connectivity index (χ2v) is 32.5. The largest absolute Gasteiger partial charge is 0.456 e. The van der Waals surface area contributed by atoms with Crippen molar-refractivity contribution in [2.45, 2.75) is 0 Å². The zero-order valence-electron chi connectivity index (χ0n) is 66.8. The van der Waals surface area contributed by atoms with Crippen LogP contribution in [0.2, 0.25) is 0 Å². The van der Waals surface area contributed by atoms with E-state index in [1.807, 2.05) is 18.2 Å².